The second kappa shape index (κ2) is 5.36. The van der Waals surface area contributed by atoms with Gasteiger partial charge < -0.3 is 0 Å². The third-order valence-electron chi connectivity index (χ3n) is 3.83. The van der Waals surface area contributed by atoms with Crippen molar-refractivity contribution < 1.29 is 0 Å². The van der Waals surface area contributed by atoms with E-state index < -0.39 is 0 Å². The number of aromatic nitrogens is 2. The van der Waals surface area contributed by atoms with Gasteiger partial charge in [-0.25, -0.2) is 4.98 Å². The molecule has 2 nitrogen and oxygen atoms in total. The van der Waals surface area contributed by atoms with E-state index in [1.165, 1.54) is 11.1 Å². The fourth-order valence-corrected chi connectivity index (χ4v) is 2.94. The van der Waals surface area contributed by atoms with E-state index in [1.807, 2.05) is 25.1 Å². The van der Waals surface area contributed by atoms with Gasteiger partial charge in [-0.3, -0.25) is 4.57 Å². The van der Waals surface area contributed by atoms with Crippen molar-refractivity contribution in [2.24, 2.45) is 0 Å². The molecule has 0 bridgehead atoms. The highest BCUT2D eigenvalue weighted by Gasteiger charge is 2.19. The molecule has 0 amide bonds. The van der Waals surface area contributed by atoms with Gasteiger partial charge in [0.15, 0.2) is 0 Å². The largest absolute Gasteiger partial charge is 0.295 e. The first-order valence-electron chi connectivity index (χ1n) is 6.88. The van der Waals surface area contributed by atoms with Crippen LogP contribution < -0.4 is 0 Å². The fraction of sp³-hybridized carbons (Fsp3) is 0.235. The van der Waals surface area contributed by atoms with Gasteiger partial charge in [0, 0.05) is 0 Å². The quantitative estimate of drug-likeness (QED) is 0.563. The van der Waals surface area contributed by atoms with Crippen molar-refractivity contribution in [3.63, 3.8) is 0 Å². The zero-order chi connectivity index (χ0) is 15.1. The maximum atomic E-state index is 6.35. The molecule has 0 aliphatic rings. The van der Waals surface area contributed by atoms with Crippen LogP contribution in [0.4, 0.5) is 0 Å². The number of hydrogen-bond acceptors (Lipinski definition) is 1. The van der Waals surface area contributed by atoms with Crippen LogP contribution in [0.1, 0.15) is 29.3 Å². The Balaban J connectivity index is 2.43. The Labute approximate surface area is 134 Å². The Hall–Kier alpha value is -1.51. The highest BCUT2D eigenvalue weighted by molar-refractivity contribution is 6.35. The Morgan fingerprint density at radius 2 is 1.81 bits per heavy atom. The summed E-state index contributed by atoms with van der Waals surface area (Å²) in [5.74, 6) is 0.813. The van der Waals surface area contributed by atoms with Crippen LogP contribution in [-0.4, -0.2) is 9.55 Å². The summed E-state index contributed by atoms with van der Waals surface area (Å²) in [5, 5.41) is 0.448. The molecule has 0 N–H and O–H groups in total. The maximum absolute atomic E-state index is 6.35. The number of rotatable bonds is 2. The average molecular weight is 319 g/mol. The van der Waals surface area contributed by atoms with Crippen LogP contribution in [0.2, 0.25) is 5.02 Å². The van der Waals surface area contributed by atoms with E-state index in [4.69, 9.17) is 23.2 Å². The highest BCUT2D eigenvalue weighted by atomic mass is 35.5. The predicted octanol–water partition coefficient (Wildman–Crippen LogP) is 5.60. The number of halogens is 2. The van der Waals surface area contributed by atoms with E-state index in [1.54, 1.807) is 0 Å². The van der Waals surface area contributed by atoms with E-state index >= 15 is 0 Å². The van der Waals surface area contributed by atoms with Crippen LogP contribution in [0, 0.1) is 13.8 Å². The molecule has 0 fully saturated rings. The number of benzene rings is 2. The Kier molecular flexibility index (Phi) is 3.68. The van der Waals surface area contributed by atoms with Crippen molar-refractivity contribution >= 4 is 34.2 Å². The molecule has 4 heteroatoms. The molecule has 21 heavy (non-hydrogen) atoms. The van der Waals surface area contributed by atoms with Crippen LogP contribution in [-0.2, 0) is 0 Å². The molecule has 1 heterocycles. The SMILES string of the molecule is Cc1cccc(-n2c(C(C)Cl)nc3c(Cl)cccc32)c1C. The predicted molar refractivity (Wildman–Crippen MR) is 89.8 cm³/mol. The summed E-state index contributed by atoms with van der Waals surface area (Å²) in [5.41, 5.74) is 5.34. The molecule has 1 aromatic heterocycles. The van der Waals surface area contributed by atoms with Crippen LogP contribution in [0.15, 0.2) is 36.4 Å². The Morgan fingerprint density at radius 3 is 2.52 bits per heavy atom. The molecule has 2 aromatic carbocycles. The molecule has 0 radical (unpaired) electrons. The molecule has 108 valence electrons. The smallest absolute Gasteiger partial charge is 0.132 e. The van der Waals surface area contributed by atoms with Crippen molar-refractivity contribution in [3.05, 3.63) is 58.4 Å². The number of nitrogens with zero attached hydrogens (tertiary/aromatic N) is 2. The summed E-state index contributed by atoms with van der Waals surface area (Å²) in [6.07, 6.45) is 0. The molecule has 1 atom stereocenters. The summed E-state index contributed by atoms with van der Waals surface area (Å²) in [4.78, 5) is 4.66. The lowest BCUT2D eigenvalue weighted by atomic mass is 10.1. The second-order valence-corrected chi connectivity index (χ2v) is 6.31. The van der Waals surface area contributed by atoms with Crippen LogP contribution in [0.5, 0.6) is 0 Å². The molecule has 0 saturated heterocycles. The van der Waals surface area contributed by atoms with Crippen LogP contribution >= 0.6 is 23.2 Å². The van der Waals surface area contributed by atoms with E-state index in [2.05, 4.69) is 41.6 Å². The third-order valence-corrected chi connectivity index (χ3v) is 4.33. The number of imidazole rings is 1. The monoisotopic (exact) mass is 318 g/mol. The molecule has 3 aromatic rings. The molecule has 0 aliphatic carbocycles. The van der Waals surface area contributed by atoms with E-state index in [-0.39, 0.29) is 5.38 Å². The first-order valence-corrected chi connectivity index (χ1v) is 7.69. The second-order valence-electron chi connectivity index (χ2n) is 5.25. The molecule has 3 rings (SSSR count). The number of para-hydroxylation sites is 1. The molecular formula is C17H16Cl2N2. The fourth-order valence-electron chi connectivity index (χ4n) is 2.58. The van der Waals surface area contributed by atoms with E-state index in [9.17, 15) is 0 Å². The van der Waals surface area contributed by atoms with Crippen LogP contribution in [0.25, 0.3) is 16.7 Å². The third kappa shape index (κ3) is 2.33. The van der Waals surface area contributed by atoms with Gasteiger partial charge >= 0.3 is 0 Å². The average Bonchev–Trinajstić information content (AvgIpc) is 2.83. The van der Waals surface area contributed by atoms with Gasteiger partial charge in [-0.1, -0.05) is 29.8 Å². The molecule has 1 unspecified atom stereocenters. The first-order chi connectivity index (χ1) is 10.0. The van der Waals surface area contributed by atoms with Crippen LogP contribution in [0.3, 0.4) is 0 Å². The minimum absolute atomic E-state index is 0.201. The minimum Gasteiger partial charge on any atom is -0.295 e. The summed E-state index contributed by atoms with van der Waals surface area (Å²) in [6, 6.07) is 12.1. The lowest BCUT2D eigenvalue weighted by Crippen LogP contribution is -2.04. The van der Waals surface area contributed by atoms with Gasteiger partial charge in [-0.05, 0) is 50.1 Å². The maximum Gasteiger partial charge on any atom is 0.132 e. The highest BCUT2D eigenvalue weighted by Crippen LogP contribution is 2.32. The number of alkyl halides is 1. The first kappa shape index (κ1) is 14.4. The zero-order valence-corrected chi connectivity index (χ0v) is 13.7. The summed E-state index contributed by atoms with van der Waals surface area (Å²) >= 11 is 12.6. The number of hydrogen-bond donors (Lipinski definition) is 0. The van der Waals surface area contributed by atoms with Crippen molar-refractivity contribution in [2.45, 2.75) is 26.1 Å². The minimum atomic E-state index is -0.201. The lowest BCUT2D eigenvalue weighted by Gasteiger charge is -2.14. The summed E-state index contributed by atoms with van der Waals surface area (Å²) in [6.45, 7) is 6.15. The van der Waals surface area contributed by atoms with Gasteiger partial charge in [0.25, 0.3) is 0 Å². The Morgan fingerprint density at radius 1 is 1.10 bits per heavy atom. The molecule has 0 aliphatic heterocycles. The number of fused-ring (bicyclic) bond motifs is 1. The molecule has 0 saturated carbocycles. The summed E-state index contributed by atoms with van der Waals surface area (Å²) in [7, 11) is 0. The van der Waals surface area contributed by atoms with Crippen molar-refractivity contribution in [3.8, 4) is 5.69 Å². The topological polar surface area (TPSA) is 17.8 Å². The van der Waals surface area contributed by atoms with Crippen molar-refractivity contribution in [1.29, 1.82) is 0 Å². The normalized spacial score (nSPS) is 12.8. The van der Waals surface area contributed by atoms with E-state index in [0.29, 0.717) is 5.02 Å². The van der Waals surface area contributed by atoms with Gasteiger partial charge in [0.05, 0.1) is 21.6 Å². The van der Waals surface area contributed by atoms with Gasteiger partial charge in [-0.15, -0.1) is 11.6 Å². The Bertz CT molecular complexity index is 819. The summed E-state index contributed by atoms with van der Waals surface area (Å²) < 4.78 is 2.11. The van der Waals surface area contributed by atoms with E-state index in [0.717, 1.165) is 22.5 Å². The number of aryl methyl sites for hydroxylation is 1. The molecular weight excluding hydrogens is 303 g/mol. The lowest BCUT2D eigenvalue weighted by molar-refractivity contribution is 0.877. The van der Waals surface area contributed by atoms with Gasteiger partial charge in [0.1, 0.15) is 11.3 Å². The standard InChI is InChI=1S/C17H16Cl2N2/c1-10-6-4-8-14(11(10)2)21-15-9-5-7-13(19)16(15)20-17(21)12(3)18/h4-9,12H,1-3H3. The van der Waals surface area contributed by atoms with Crippen molar-refractivity contribution in [1.82, 2.24) is 9.55 Å². The molecule has 0 spiro atoms. The van der Waals surface area contributed by atoms with Crippen molar-refractivity contribution in [2.75, 3.05) is 0 Å². The van der Waals surface area contributed by atoms with Gasteiger partial charge in [-0.2, -0.15) is 0 Å². The van der Waals surface area contributed by atoms with Gasteiger partial charge in [0.2, 0.25) is 0 Å². The zero-order valence-electron chi connectivity index (χ0n) is 12.2.